The second-order valence-electron chi connectivity index (χ2n) is 4.04. The normalized spacial score (nSPS) is 10.2. The third-order valence-electron chi connectivity index (χ3n) is 2.67. The first-order chi connectivity index (χ1) is 10.0. The number of pyridine rings is 2. The molecule has 0 aliphatic heterocycles. The summed E-state index contributed by atoms with van der Waals surface area (Å²) in [6, 6.07) is 6.27. The summed E-state index contributed by atoms with van der Waals surface area (Å²) in [5.41, 5.74) is 1.000. The van der Waals surface area contributed by atoms with Crippen molar-refractivity contribution in [3.63, 3.8) is 0 Å². The van der Waals surface area contributed by atoms with Crippen LogP contribution in [0.2, 0.25) is 0 Å². The molecule has 2 rings (SSSR count). The fourth-order valence-corrected chi connectivity index (χ4v) is 2.55. The van der Waals surface area contributed by atoms with E-state index in [9.17, 15) is 9.59 Å². The number of aromatic carboxylic acids is 1. The van der Waals surface area contributed by atoms with E-state index in [4.69, 9.17) is 5.11 Å². The van der Waals surface area contributed by atoms with Crippen LogP contribution in [0.15, 0.2) is 40.5 Å². The minimum Gasteiger partial charge on any atom is -0.478 e. The van der Waals surface area contributed by atoms with Crippen molar-refractivity contribution in [1.82, 2.24) is 9.97 Å². The number of ether oxygens (including phenoxy) is 1. The zero-order chi connectivity index (χ0) is 15.4. The molecule has 7 heteroatoms. The molecule has 0 fully saturated rings. The van der Waals surface area contributed by atoms with Gasteiger partial charge in [-0.2, -0.15) is 0 Å². The molecule has 21 heavy (non-hydrogen) atoms. The van der Waals surface area contributed by atoms with Crippen LogP contribution in [0.25, 0.3) is 0 Å². The SMILES string of the molecule is COC(=O)c1ccc(Sc2ncccc2C(=O)O)nc1C. The summed E-state index contributed by atoms with van der Waals surface area (Å²) in [7, 11) is 1.30. The summed E-state index contributed by atoms with van der Waals surface area (Å²) < 4.78 is 4.65. The molecule has 0 aliphatic carbocycles. The summed E-state index contributed by atoms with van der Waals surface area (Å²) in [5.74, 6) is -1.51. The number of hydrogen-bond donors (Lipinski definition) is 1. The molecule has 0 saturated carbocycles. The molecule has 1 N–H and O–H groups in total. The van der Waals surface area contributed by atoms with Crippen molar-refractivity contribution in [2.24, 2.45) is 0 Å². The molecule has 0 radical (unpaired) electrons. The standard InChI is InChI=1S/C14H12N2O4S/c1-8-9(14(19)20-2)5-6-11(16-8)21-12-10(13(17)18)4-3-7-15-12/h3-7H,1-2H3,(H,17,18). The highest BCUT2D eigenvalue weighted by molar-refractivity contribution is 7.99. The van der Waals surface area contributed by atoms with Crippen LogP contribution in [0.5, 0.6) is 0 Å². The molecule has 6 nitrogen and oxygen atoms in total. The highest BCUT2D eigenvalue weighted by Crippen LogP contribution is 2.28. The Bertz CT molecular complexity index is 703. The summed E-state index contributed by atoms with van der Waals surface area (Å²) in [6.07, 6.45) is 1.52. The van der Waals surface area contributed by atoms with Crippen molar-refractivity contribution in [2.45, 2.75) is 17.0 Å². The number of esters is 1. The molecule has 2 aromatic heterocycles. The van der Waals surface area contributed by atoms with Gasteiger partial charge in [0.2, 0.25) is 0 Å². The number of aryl methyl sites for hydroxylation is 1. The first kappa shape index (κ1) is 15.0. The smallest absolute Gasteiger partial charge is 0.339 e. The number of carboxylic acids is 1. The maximum atomic E-state index is 11.5. The van der Waals surface area contributed by atoms with Crippen LogP contribution in [-0.4, -0.2) is 34.1 Å². The van der Waals surface area contributed by atoms with E-state index in [0.29, 0.717) is 21.3 Å². The summed E-state index contributed by atoms with van der Waals surface area (Å²) in [6.45, 7) is 1.69. The van der Waals surface area contributed by atoms with Crippen LogP contribution in [0.1, 0.15) is 26.4 Å². The molecular formula is C14H12N2O4S. The fourth-order valence-electron chi connectivity index (χ4n) is 1.65. The molecule has 0 spiro atoms. The number of carbonyl (C=O) groups is 2. The van der Waals surface area contributed by atoms with Crippen molar-refractivity contribution in [3.05, 3.63) is 47.3 Å². The van der Waals surface area contributed by atoms with Crippen molar-refractivity contribution < 1.29 is 19.4 Å². The van der Waals surface area contributed by atoms with Gasteiger partial charge in [0.05, 0.1) is 23.9 Å². The molecule has 0 amide bonds. The molecule has 108 valence electrons. The highest BCUT2D eigenvalue weighted by atomic mass is 32.2. The molecule has 0 saturated heterocycles. The first-order valence-corrected chi connectivity index (χ1v) is 6.76. The van der Waals surface area contributed by atoms with Gasteiger partial charge in [0.25, 0.3) is 0 Å². The van der Waals surface area contributed by atoms with Crippen molar-refractivity contribution in [1.29, 1.82) is 0 Å². The van der Waals surface area contributed by atoms with E-state index in [1.165, 1.54) is 19.4 Å². The van der Waals surface area contributed by atoms with Gasteiger partial charge in [0.1, 0.15) is 10.1 Å². The molecule has 2 aromatic rings. The predicted octanol–water partition coefficient (Wildman–Crippen LogP) is 2.42. The van der Waals surface area contributed by atoms with Gasteiger partial charge >= 0.3 is 11.9 Å². The van der Waals surface area contributed by atoms with Crippen molar-refractivity contribution in [2.75, 3.05) is 7.11 Å². The van der Waals surface area contributed by atoms with E-state index in [0.717, 1.165) is 11.8 Å². The van der Waals surface area contributed by atoms with E-state index < -0.39 is 11.9 Å². The quantitative estimate of drug-likeness (QED) is 0.867. The van der Waals surface area contributed by atoms with Gasteiger partial charge in [0.15, 0.2) is 0 Å². The Hall–Kier alpha value is -2.41. The van der Waals surface area contributed by atoms with E-state index >= 15 is 0 Å². The molecule has 0 atom stereocenters. The molecule has 0 aliphatic rings. The Morgan fingerprint density at radius 1 is 1.24 bits per heavy atom. The Kier molecular flexibility index (Phi) is 4.54. The third-order valence-corrected chi connectivity index (χ3v) is 3.62. The van der Waals surface area contributed by atoms with Crippen LogP contribution in [-0.2, 0) is 4.74 Å². The maximum Gasteiger partial charge on any atom is 0.339 e. The second-order valence-corrected chi connectivity index (χ2v) is 5.05. The summed E-state index contributed by atoms with van der Waals surface area (Å²) >= 11 is 1.13. The topological polar surface area (TPSA) is 89.4 Å². The van der Waals surface area contributed by atoms with E-state index in [-0.39, 0.29) is 5.56 Å². The Morgan fingerprint density at radius 3 is 2.62 bits per heavy atom. The van der Waals surface area contributed by atoms with Gasteiger partial charge in [-0.15, -0.1) is 0 Å². The lowest BCUT2D eigenvalue weighted by atomic mass is 10.2. The van der Waals surface area contributed by atoms with Gasteiger partial charge < -0.3 is 9.84 Å². The Labute approximate surface area is 125 Å². The lowest BCUT2D eigenvalue weighted by molar-refractivity contribution is 0.0598. The molecule has 0 unspecified atom stereocenters. The largest absolute Gasteiger partial charge is 0.478 e. The zero-order valence-electron chi connectivity index (χ0n) is 11.4. The monoisotopic (exact) mass is 304 g/mol. The maximum absolute atomic E-state index is 11.5. The summed E-state index contributed by atoms with van der Waals surface area (Å²) in [4.78, 5) is 30.9. The first-order valence-electron chi connectivity index (χ1n) is 5.95. The minimum absolute atomic E-state index is 0.110. The van der Waals surface area contributed by atoms with Gasteiger partial charge in [-0.25, -0.2) is 19.6 Å². The predicted molar refractivity (Wildman–Crippen MR) is 75.6 cm³/mol. The Balaban J connectivity index is 2.31. The molecule has 0 aromatic carbocycles. The molecule has 2 heterocycles. The minimum atomic E-state index is -1.05. The van der Waals surface area contributed by atoms with E-state index in [2.05, 4.69) is 14.7 Å². The highest BCUT2D eigenvalue weighted by Gasteiger charge is 2.15. The number of rotatable bonds is 4. The van der Waals surface area contributed by atoms with E-state index in [1.807, 2.05) is 0 Å². The average Bonchev–Trinajstić information content (AvgIpc) is 2.47. The van der Waals surface area contributed by atoms with Gasteiger partial charge in [-0.1, -0.05) is 0 Å². The third kappa shape index (κ3) is 3.38. The van der Waals surface area contributed by atoms with Crippen molar-refractivity contribution >= 4 is 23.7 Å². The van der Waals surface area contributed by atoms with E-state index in [1.54, 1.807) is 25.1 Å². The summed E-state index contributed by atoms with van der Waals surface area (Å²) in [5, 5.41) is 10.0. The fraction of sp³-hybridized carbons (Fsp3) is 0.143. The Morgan fingerprint density at radius 2 is 2.00 bits per heavy atom. The van der Waals surface area contributed by atoms with Crippen LogP contribution in [0, 0.1) is 6.92 Å². The number of methoxy groups -OCH3 is 1. The van der Waals surface area contributed by atoms with Crippen LogP contribution < -0.4 is 0 Å². The molecule has 0 bridgehead atoms. The van der Waals surface area contributed by atoms with Gasteiger partial charge in [-0.3, -0.25) is 0 Å². The zero-order valence-corrected chi connectivity index (χ0v) is 12.2. The molecular weight excluding hydrogens is 292 g/mol. The number of aromatic nitrogens is 2. The van der Waals surface area contributed by atoms with Gasteiger partial charge in [-0.05, 0) is 43.0 Å². The average molecular weight is 304 g/mol. The van der Waals surface area contributed by atoms with Crippen LogP contribution >= 0.6 is 11.8 Å². The number of carboxylic acid groups (broad SMARTS) is 1. The van der Waals surface area contributed by atoms with Crippen LogP contribution in [0.3, 0.4) is 0 Å². The van der Waals surface area contributed by atoms with Crippen molar-refractivity contribution in [3.8, 4) is 0 Å². The lowest BCUT2D eigenvalue weighted by Crippen LogP contribution is -2.05. The second kappa shape index (κ2) is 6.36. The number of nitrogens with zero attached hydrogens (tertiary/aromatic N) is 2. The van der Waals surface area contributed by atoms with Gasteiger partial charge in [0, 0.05) is 6.20 Å². The number of carbonyl (C=O) groups excluding carboxylic acids is 1. The number of hydrogen-bond acceptors (Lipinski definition) is 6. The lowest BCUT2D eigenvalue weighted by Gasteiger charge is -2.07. The van der Waals surface area contributed by atoms with Crippen LogP contribution in [0.4, 0.5) is 0 Å².